The number of ether oxygens (including phenoxy) is 1. The molecule has 0 saturated carbocycles. The monoisotopic (exact) mass is 320 g/mol. The van der Waals surface area contributed by atoms with Gasteiger partial charge in [0.25, 0.3) is 5.69 Å². The van der Waals surface area contributed by atoms with Crippen LogP contribution in [0.25, 0.3) is 0 Å². The molecule has 126 valence electrons. The number of rotatable bonds is 3. The largest absolute Gasteiger partial charge is 0.444 e. The molecular formula is C17H24N2O4. The first-order chi connectivity index (χ1) is 10.7. The molecule has 0 bridgehead atoms. The van der Waals surface area contributed by atoms with Crippen LogP contribution in [0, 0.1) is 10.1 Å². The molecule has 1 aliphatic heterocycles. The van der Waals surface area contributed by atoms with Gasteiger partial charge < -0.3 is 9.64 Å². The van der Waals surface area contributed by atoms with E-state index in [1.165, 1.54) is 6.07 Å². The second-order valence-corrected chi connectivity index (χ2v) is 6.98. The second kappa shape index (κ2) is 6.56. The Labute approximate surface area is 136 Å². The molecule has 0 radical (unpaired) electrons. The normalized spacial score (nSPS) is 21.3. The fourth-order valence-electron chi connectivity index (χ4n) is 2.98. The fraction of sp³-hybridized carbons (Fsp3) is 0.588. The standard InChI is InChI=1S/C17H24N2O4/c1-5-14-10-13(11-18(14)16(20)23-17(2,3)4)12-7-6-8-15(9-12)19(21)22/h6-9,13-14H,5,10-11H2,1-4H3. The summed E-state index contributed by atoms with van der Waals surface area (Å²) in [5, 5.41) is 10.9. The SMILES string of the molecule is CCC1CC(c2cccc([N+](=O)[O-])c2)CN1C(=O)OC(C)(C)C. The molecule has 2 unspecified atom stereocenters. The first-order valence-electron chi connectivity index (χ1n) is 7.95. The third kappa shape index (κ3) is 4.21. The summed E-state index contributed by atoms with van der Waals surface area (Å²) < 4.78 is 5.48. The third-order valence-electron chi connectivity index (χ3n) is 4.07. The minimum atomic E-state index is -0.529. The molecule has 0 N–H and O–H groups in total. The molecule has 1 fully saturated rings. The van der Waals surface area contributed by atoms with Crippen molar-refractivity contribution in [3.63, 3.8) is 0 Å². The molecule has 0 aromatic heterocycles. The topological polar surface area (TPSA) is 72.7 Å². The number of nitro groups is 1. The van der Waals surface area contributed by atoms with Crippen LogP contribution in [0.3, 0.4) is 0 Å². The number of carbonyl (C=O) groups is 1. The maximum atomic E-state index is 12.4. The van der Waals surface area contributed by atoms with Crippen molar-refractivity contribution in [1.82, 2.24) is 4.90 Å². The lowest BCUT2D eigenvalue weighted by molar-refractivity contribution is -0.384. The maximum absolute atomic E-state index is 12.4. The summed E-state index contributed by atoms with van der Waals surface area (Å²) in [6.45, 7) is 8.12. The van der Waals surface area contributed by atoms with E-state index < -0.39 is 5.60 Å². The lowest BCUT2D eigenvalue weighted by Crippen LogP contribution is -2.39. The summed E-state index contributed by atoms with van der Waals surface area (Å²) in [4.78, 5) is 24.7. The number of non-ortho nitro benzene ring substituents is 1. The average molecular weight is 320 g/mol. The fourth-order valence-corrected chi connectivity index (χ4v) is 2.98. The molecule has 1 heterocycles. The van der Waals surface area contributed by atoms with Gasteiger partial charge in [0.1, 0.15) is 5.60 Å². The van der Waals surface area contributed by atoms with Gasteiger partial charge in [-0.25, -0.2) is 4.79 Å². The highest BCUT2D eigenvalue weighted by Crippen LogP contribution is 2.35. The summed E-state index contributed by atoms with van der Waals surface area (Å²) in [6.07, 6.45) is 1.33. The van der Waals surface area contributed by atoms with Crippen molar-refractivity contribution in [3.8, 4) is 0 Å². The number of hydrogen-bond donors (Lipinski definition) is 0. The van der Waals surface area contributed by atoms with Crippen LogP contribution in [-0.2, 0) is 4.74 Å². The van der Waals surface area contributed by atoms with E-state index in [4.69, 9.17) is 4.74 Å². The van der Waals surface area contributed by atoms with E-state index in [1.807, 2.05) is 33.8 Å². The molecule has 2 atom stereocenters. The first kappa shape index (κ1) is 17.2. The van der Waals surface area contributed by atoms with Crippen LogP contribution >= 0.6 is 0 Å². The summed E-state index contributed by atoms with van der Waals surface area (Å²) in [6, 6.07) is 6.79. The van der Waals surface area contributed by atoms with Gasteiger partial charge >= 0.3 is 6.09 Å². The van der Waals surface area contributed by atoms with Crippen molar-refractivity contribution in [2.45, 2.75) is 58.1 Å². The Bertz CT molecular complexity index is 595. The Kier molecular flexibility index (Phi) is 4.92. The van der Waals surface area contributed by atoms with Gasteiger partial charge in [-0.15, -0.1) is 0 Å². The van der Waals surface area contributed by atoms with E-state index in [0.29, 0.717) is 6.54 Å². The maximum Gasteiger partial charge on any atom is 0.410 e. The van der Waals surface area contributed by atoms with E-state index in [2.05, 4.69) is 0 Å². The number of likely N-dealkylation sites (tertiary alicyclic amines) is 1. The van der Waals surface area contributed by atoms with Crippen LogP contribution in [0.1, 0.15) is 52.0 Å². The van der Waals surface area contributed by atoms with Gasteiger partial charge in [0, 0.05) is 30.6 Å². The predicted molar refractivity (Wildman–Crippen MR) is 87.5 cm³/mol. The summed E-state index contributed by atoms with van der Waals surface area (Å²) in [7, 11) is 0. The highest BCUT2D eigenvalue weighted by atomic mass is 16.6. The number of benzene rings is 1. The van der Waals surface area contributed by atoms with Gasteiger partial charge in [-0.3, -0.25) is 10.1 Å². The van der Waals surface area contributed by atoms with Crippen molar-refractivity contribution in [2.75, 3.05) is 6.54 Å². The number of nitro benzene ring substituents is 1. The molecule has 6 nitrogen and oxygen atoms in total. The zero-order chi connectivity index (χ0) is 17.2. The first-order valence-corrected chi connectivity index (χ1v) is 7.95. The third-order valence-corrected chi connectivity index (χ3v) is 4.07. The smallest absolute Gasteiger partial charge is 0.410 e. The lowest BCUT2D eigenvalue weighted by atomic mass is 9.95. The van der Waals surface area contributed by atoms with Crippen LogP contribution in [0.15, 0.2) is 24.3 Å². The van der Waals surface area contributed by atoms with Gasteiger partial charge in [-0.1, -0.05) is 19.1 Å². The molecular weight excluding hydrogens is 296 g/mol. The molecule has 1 saturated heterocycles. The Morgan fingerprint density at radius 3 is 2.70 bits per heavy atom. The quantitative estimate of drug-likeness (QED) is 0.621. The summed E-state index contributed by atoms with van der Waals surface area (Å²) in [5.74, 6) is 0.104. The molecule has 1 aromatic carbocycles. The Hall–Kier alpha value is -2.11. The van der Waals surface area contributed by atoms with E-state index in [1.54, 1.807) is 17.0 Å². The van der Waals surface area contributed by atoms with E-state index >= 15 is 0 Å². The molecule has 23 heavy (non-hydrogen) atoms. The molecule has 1 amide bonds. The Morgan fingerprint density at radius 2 is 2.13 bits per heavy atom. The minimum absolute atomic E-state index is 0.0891. The van der Waals surface area contributed by atoms with Crippen LogP contribution < -0.4 is 0 Å². The van der Waals surface area contributed by atoms with Crippen LogP contribution in [0.4, 0.5) is 10.5 Å². The Balaban J connectivity index is 2.16. The van der Waals surface area contributed by atoms with Crippen molar-refractivity contribution in [2.24, 2.45) is 0 Å². The minimum Gasteiger partial charge on any atom is -0.444 e. The summed E-state index contributed by atoms with van der Waals surface area (Å²) in [5.41, 5.74) is 0.467. The van der Waals surface area contributed by atoms with Gasteiger partial charge in [0.15, 0.2) is 0 Å². The van der Waals surface area contributed by atoms with Crippen LogP contribution in [0.2, 0.25) is 0 Å². The average Bonchev–Trinajstić information content (AvgIpc) is 2.90. The van der Waals surface area contributed by atoms with Crippen molar-refractivity contribution < 1.29 is 14.5 Å². The zero-order valence-corrected chi connectivity index (χ0v) is 14.1. The van der Waals surface area contributed by atoms with E-state index in [9.17, 15) is 14.9 Å². The number of amides is 1. The van der Waals surface area contributed by atoms with Crippen LogP contribution in [-0.4, -0.2) is 34.1 Å². The van der Waals surface area contributed by atoms with Crippen molar-refractivity contribution in [3.05, 3.63) is 39.9 Å². The van der Waals surface area contributed by atoms with Crippen molar-refractivity contribution >= 4 is 11.8 Å². The highest BCUT2D eigenvalue weighted by molar-refractivity contribution is 5.69. The predicted octanol–water partition coefficient (Wildman–Crippen LogP) is 4.10. The number of nitrogens with zero attached hydrogens (tertiary/aromatic N) is 2. The van der Waals surface area contributed by atoms with Gasteiger partial charge in [0.2, 0.25) is 0 Å². The molecule has 0 aliphatic carbocycles. The van der Waals surface area contributed by atoms with E-state index in [0.717, 1.165) is 18.4 Å². The number of hydrogen-bond acceptors (Lipinski definition) is 4. The lowest BCUT2D eigenvalue weighted by Gasteiger charge is -2.28. The summed E-state index contributed by atoms with van der Waals surface area (Å²) >= 11 is 0. The molecule has 0 spiro atoms. The van der Waals surface area contributed by atoms with Crippen LogP contribution in [0.5, 0.6) is 0 Å². The molecule has 2 rings (SSSR count). The Morgan fingerprint density at radius 1 is 1.43 bits per heavy atom. The van der Waals surface area contributed by atoms with Crippen molar-refractivity contribution in [1.29, 1.82) is 0 Å². The van der Waals surface area contributed by atoms with E-state index in [-0.39, 0.29) is 28.7 Å². The molecule has 6 heteroatoms. The molecule has 1 aromatic rings. The second-order valence-electron chi connectivity index (χ2n) is 6.98. The highest BCUT2D eigenvalue weighted by Gasteiger charge is 2.37. The zero-order valence-electron chi connectivity index (χ0n) is 14.1. The van der Waals surface area contributed by atoms with Gasteiger partial charge in [-0.2, -0.15) is 0 Å². The van der Waals surface area contributed by atoms with Gasteiger partial charge in [0.05, 0.1) is 4.92 Å². The molecule has 1 aliphatic rings. The number of carbonyl (C=O) groups excluding carboxylic acids is 1. The van der Waals surface area contributed by atoms with Gasteiger partial charge in [-0.05, 0) is 39.2 Å².